The molecule has 0 aliphatic rings. The second kappa shape index (κ2) is 6.11. The number of hydrogen-bond donors (Lipinski definition) is 0. The van der Waals surface area contributed by atoms with Gasteiger partial charge in [-0.1, -0.05) is 11.6 Å². The first-order valence-corrected chi connectivity index (χ1v) is 10.1. The number of halogens is 2. The van der Waals surface area contributed by atoms with Gasteiger partial charge in [0.15, 0.2) is 9.35 Å². The summed E-state index contributed by atoms with van der Waals surface area (Å²) in [5, 5.41) is 4.73. The Morgan fingerprint density at radius 1 is 1.42 bits per heavy atom. The topological polar surface area (TPSA) is 52.8 Å². The molecule has 5 nitrogen and oxygen atoms in total. The zero-order valence-electron chi connectivity index (χ0n) is 11.1. The van der Waals surface area contributed by atoms with Gasteiger partial charge < -0.3 is 4.74 Å². The van der Waals surface area contributed by atoms with Crippen molar-refractivity contribution in [2.24, 2.45) is 0 Å². The summed E-state index contributed by atoms with van der Waals surface area (Å²) in [6, 6.07) is 0. The van der Waals surface area contributed by atoms with E-state index in [1.54, 1.807) is 4.68 Å². The molecule has 0 aliphatic carbocycles. The standard InChI is InChI=1S/C11H16ClIN4OS/c1-19(2,3)5-4-18-7-17-11-9(10(13)16-17)14-6-8(12)15-11/h6H,4-5,7H2,1-3H3. The average Bonchev–Trinajstić information content (AvgIpc) is 2.60. The lowest BCUT2D eigenvalue weighted by molar-refractivity contribution is 0.0834. The maximum atomic E-state index is 5.87. The first-order valence-electron chi connectivity index (χ1n) is 5.65. The van der Waals surface area contributed by atoms with Gasteiger partial charge in [-0.25, -0.2) is 24.7 Å². The Morgan fingerprint density at radius 3 is 2.84 bits per heavy atom. The largest absolute Gasteiger partial charge is 0.358 e. The highest BCUT2D eigenvalue weighted by atomic mass is 127. The van der Waals surface area contributed by atoms with Crippen molar-refractivity contribution in [3.63, 3.8) is 0 Å². The third kappa shape index (κ3) is 4.17. The second-order valence-electron chi connectivity index (χ2n) is 4.99. The Hall–Kier alpha value is -0.120. The Bertz CT molecular complexity index is 584. The number of rotatable bonds is 5. The van der Waals surface area contributed by atoms with Crippen molar-refractivity contribution in [2.45, 2.75) is 6.73 Å². The summed E-state index contributed by atoms with van der Waals surface area (Å²) >= 11 is 8.00. The van der Waals surface area contributed by atoms with Crippen LogP contribution < -0.4 is 0 Å². The fourth-order valence-electron chi connectivity index (χ4n) is 1.43. The number of aromatic nitrogens is 4. The van der Waals surface area contributed by atoms with Crippen LogP contribution in [0.2, 0.25) is 5.15 Å². The molecule has 0 amide bonds. The summed E-state index contributed by atoms with van der Waals surface area (Å²) in [6.07, 6.45) is 8.34. The SMILES string of the molecule is CS(C)(C)CCOCn1nc(I)c2ncc(Cl)nc21. The lowest BCUT2D eigenvalue weighted by atomic mass is 10.5. The summed E-state index contributed by atoms with van der Waals surface area (Å²) in [7, 11) is -0.528. The summed E-state index contributed by atoms with van der Waals surface area (Å²) in [4.78, 5) is 8.48. The monoisotopic (exact) mass is 414 g/mol. The van der Waals surface area contributed by atoms with Crippen LogP contribution in [0.25, 0.3) is 11.2 Å². The quantitative estimate of drug-likeness (QED) is 0.558. The second-order valence-corrected chi connectivity index (χ2v) is 11.0. The van der Waals surface area contributed by atoms with E-state index < -0.39 is 10.0 Å². The van der Waals surface area contributed by atoms with Crippen molar-refractivity contribution >= 4 is 55.4 Å². The van der Waals surface area contributed by atoms with Crippen molar-refractivity contribution in [1.29, 1.82) is 0 Å². The van der Waals surface area contributed by atoms with Crippen LogP contribution in [0.5, 0.6) is 0 Å². The van der Waals surface area contributed by atoms with Gasteiger partial charge in [-0.3, -0.25) is 0 Å². The maximum absolute atomic E-state index is 5.87. The molecule has 19 heavy (non-hydrogen) atoms. The van der Waals surface area contributed by atoms with Crippen LogP contribution in [0, 0.1) is 3.70 Å². The normalized spacial score (nSPS) is 13.1. The molecular formula is C11H16ClIN4OS. The van der Waals surface area contributed by atoms with Crippen molar-refractivity contribution in [3.8, 4) is 0 Å². The molecule has 106 valence electrons. The van der Waals surface area contributed by atoms with E-state index in [2.05, 4.69) is 56.4 Å². The molecule has 0 atom stereocenters. The van der Waals surface area contributed by atoms with E-state index >= 15 is 0 Å². The molecule has 0 saturated heterocycles. The van der Waals surface area contributed by atoms with E-state index in [1.165, 1.54) is 6.20 Å². The molecule has 0 bridgehead atoms. The van der Waals surface area contributed by atoms with Crippen molar-refractivity contribution in [1.82, 2.24) is 19.7 Å². The number of nitrogens with zero attached hydrogens (tertiary/aromatic N) is 4. The minimum absolute atomic E-state index is 0.365. The van der Waals surface area contributed by atoms with Crippen LogP contribution in [0.15, 0.2) is 6.20 Å². The Balaban J connectivity index is 2.07. The lowest BCUT2D eigenvalue weighted by Crippen LogP contribution is -2.11. The fraction of sp³-hybridized carbons (Fsp3) is 0.545. The van der Waals surface area contributed by atoms with E-state index in [4.69, 9.17) is 16.3 Å². The summed E-state index contributed by atoms with van der Waals surface area (Å²) < 4.78 is 8.17. The highest BCUT2D eigenvalue weighted by molar-refractivity contribution is 14.1. The third-order valence-electron chi connectivity index (χ3n) is 2.43. The Morgan fingerprint density at radius 2 is 2.16 bits per heavy atom. The smallest absolute Gasteiger partial charge is 0.181 e. The summed E-state index contributed by atoms with van der Waals surface area (Å²) in [6.45, 7) is 1.11. The minimum Gasteiger partial charge on any atom is -0.358 e. The fourth-order valence-corrected chi connectivity index (χ4v) is 2.82. The Kier molecular flexibility index (Phi) is 4.91. The highest BCUT2D eigenvalue weighted by Crippen LogP contribution is 2.33. The van der Waals surface area contributed by atoms with E-state index in [-0.39, 0.29) is 0 Å². The first-order chi connectivity index (χ1) is 8.87. The molecule has 0 radical (unpaired) electrons. The molecule has 0 aromatic carbocycles. The van der Waals surface area contributed by atoms with Gasteiger partial charge in [0.25, 0.3) is 0 Å². The van der Waals surface area contributed by atoms with E-state index in [9.17, 15) is 0 Å². The van der Waals surface area contributed by atoms with Gasteiger partial charge in [-0.2, -0.15) is 5.10 Å². The van der Waals surface area contributed by atoms with Gasteiger partial charge in [0.1, 0.15) is 17.4 Å². The van der Waals surface area contributed by atoms with Gasteiger partial charge in [0, 0.05) is 5.75 Å². The molecular weight excluding hydrogens is 399 g/mol. The van der Waals surface area contributed by atoms with Crippen molar-refractivity contribution < 1.29 is 4.74 Å². The summed E-state index contributed by atoms with van der Waals surface area (Å²) in [5.41, 5.74) is 1.43. The van der Waals surface area contributed by atoms with Crippen LogP contribution in [-0.4, -0.2) is 50.9 Å². The van der Waals surface area contributed by atoms with Gasteiger partial charge in [-0.15, -0.1) is 0 Å². The molecule has 0 fully saturated rings. The van der Waals surface area contributed by atoms with Crippen LogP contribution in [0.4, 0.5) is 0 Å². The van der Waals surface area contributed by atoms with E-state index in [0.29, 0.717) is 17.5 Å². The molecule has 2 heterocycles. The van der Waals surface area contributed by atoms with Gasteiger partial charge >= 0.3 is 0 Å². The lowest BCUT2D eigenvalue weighted by Gasteiger charge is -2.24. The van der Waals surface area contributed by atoms with Crippen molar-refractivity contribution in [2.75, 3.05) is 31.1 Å². The van der Waals surface area contributed by atoms with Crippen LogP contribution in [0.3, 0.4) is 0 Å². The molecule has 0 aliphatic heterocycles. The van der Waals surface area contributed by atoms with E-state index in [1.807, 2.05) is 0 Å². The molecule has 2 aromatic heterocycles. The predicted octanol–water partition coefficient (Wildman–Crippen LogP) is 2.75. The third-order valence-corrected chi connectivity index (χ3v) is 4.73. The van der Waals surface area contributed by atoms with E-state index in [0.717, 1.165) is 21.6 Å². The molecule has 2 aromatic rings. The van der Waals surface area contributed by atoms with Crippen LogP contribution >= 0.6 is 44.2 Å². The Labute approximate surface area is 132 Å². The van der Waals surface area contributed by atoms with Gasteiger partial charge in [0.2, 0.25) is 0 Å². The molecule has 0 unspecified atom stereocenters. The van der Waals surface area contributed by atoms with Crippen LogP contribution in [-0.2, 0) is 11.5 Å². The number of ether oxygens (including phenoxy) is 1. The summed E-state index contributed by atoms with van der Waals surface area (Å²) in [5.74, 6) is 1.08. The number of hydrogen-bond acceptors (Lipinski definition) is 4. The highest BCUT2D eigenvalue weighted by Gasteiger charge is 2.12. The molecule has 0 spiro atoms. The molecule has 0 saturated carbocycles. The minimum atomic E-state index is -0.528. The first kappa shape index (κ1) is 15.3. The molecule has 8 heteroatoms. The average molecular weight is 415 g/mol. The predicted molar refractivity (Wildman–Crippen MR) is 89.2 cm³/mol. The number of fused-ring (bicyclic) bond motifs is 1. The van der Waals surface area contributed by atoms with Crippen molar-refractivity contribution in [3.05, 3.63) is 15.1 Å². The zero-order chi connectivity index (χ0) is 14.0. The van der Waals surface area contributed by atoms with Gasteiger partial charge in [-0.05, 0) is 41.4 Å². The molecule has 2 rings (SSSR count). The zero-order valence-corrected chi connectivity index (χ0v) is 14.8. The molecule has 0 N–H and O–H groups in total. The van der Waals surface area contributed by atoms with Gasteiger partial charge in [0.05, 0.1) is 12.8 Å². The van der Waals surface area contributed by atoms with Crippen LogP contribution in [0.1, 0.15) is 0 Å². The maximum Gasteiger partial charge on any atom is 0.181 e.